The topological polar surface area (TPSA) is 26.0 Å². The van der Waals surface area contributed by atoms with Crippen molar-refractivity contribution in [1.29, 1.82) is 0 Å². The third-order valence-corrected chi connectivity index (χ3v) is 9.00. The van der Waals surface area contributed by atoms with Gasteiger partial charge in [0.1, 0.15) is 0 Å². The fraction of sp³-hybridized carbons (Fsp3) is 0.0222. The molecule has 0 heterocycles. The second-order valence-electron chi connectivity index (χ2n) is 11.7. The molecule has 46 heavy (non-hydrogen) atoms. The minimum atomic E-state index is 0.779. The van der Waals surface area contributed by atoms with Crippen molar-refractivity contribution in [2.24, 2.45) is 0 Å². The van der Waals surface area contributed by atoms with Crippen LogP contribution in [0.5, 0.6) is 0 Å². The smallest absolute Gasteiger partial charge is 0.0423 e. The number of fused-ring (bicyclic) bond motifs is 6. The SMILES string of the molecule is C=C/C=C\c1ccc(/C=C\C(=C)c2cccc(-c3ccc(-c4ccc5c6ccccc6c6ccccc6c5c4)cc3)c2)c(C)c1N. The molecule has 7 rings (SSSR count). The molecule has 2 N–H and O–H groups in total. The molecule has 0 aliphatic carbocycles. The first-order valence-corrected chi connectivity index (χ1v) is 15.6. The number of hydrogen-bond donors (Lipinski definition) is 1. The van der Waals surface area contributed by atoms with Gasteiger partial charge >= 0.3 is 0 Å². The summed E-state index contributed by atoms with van der Waals surface area (Å²) in [6.45, 7) is 10.2. The van der Waals surface area contributed by atoms with Crippen LogP contribution in [-0.2, 0) is 0 Å². The predicted octanol–water partition coefficient (Wildman–Crippen LogP) is 12.3. The summed E-state index contributed by atoms with van der Waals surface area (Å²) < 4.78 is 0. The average Bonchev–Trinajstić information content (AvgIpc) is 3.11. The van der Waals surface area contributed by atoms with E-state index in [9.17, 15) is 0 Å². The number of anilines is 1. The minimum Gasteiger partial charge on any atom is -0.398 e. The van der Waals surface area contributed by atoms with Gasteiger partial charge in [0.2, 0.25) is 0 Å². The van der Waals surface area contributed by atoms with Gasteiger partial charge in [-0.15, -0.1) is 0 Å². The van der Waals surface area contributed by atoms with Crippen LogP contribution in [0.15, 0.2) is 159 Å². The monoisotopic (exact) mass is 589 g/mol. The standard InChI is InChI=1S/C45H35N/c1-4-5-11-35-25-20-32(31(3)45(35)46)19-18-30(2)36-12-10-13-37(28-36)33-21-23-34(24-22-33)38-26-27-43-41-16-7-6-14-39(41)40-15-8-9-17-42(40)44(43)29-38/h4-29H,1-2,46H2,3H3/b11-5-,19-18-. The number of benzene rings is 7. The summed E-state index contributed by atoms with van der Waals surface area (Å²) in [5.41, 5.74) is 17.1. The van der Waals surface area contributed by atoms with Gasteiger partial charge in [-0.25, -0.2) is 0 Å². The third kappa shape index (κ3) is 5.33. The number of hydrogen-bond acceptors (Lipinski definition) is 1. The first kappa shape index (κ1) is 28.8. The summed E-state index contributed by atoms with van der Waals surface area (Å²) in [5, 5.41) is 7.75. The molecular formula is C45H35N. The maximum atomic E-state index is 6.40. The number of allylic oxidation sites excluding steroid dienone is 4. The molecule has 0 saturated heterocycles. The van der Waals surface area contributed by atoms with Crippen molar-refractivity contribution in [2.45, 2.75) is 6.92 Å². The van der Waals surface area contributed by atoms with Gasteiger partial charge in [0, 0.05) is 5.69 Å². The first-order valence-electron chi connectivity index (χ1n) is 15.6. The van der Waals surface area contributed by atoms with Crippen LogP contribution < -0.4 is 5.73 Å². The van der Waals surface area contributed by atoms with Crippen molar-refractivity contribution in [2.75, 3.05) is 5.73 Å². The van der Waals surface area contributed by atoms with Crippen LogP contribution >= 0.6 is 0 Å². The van der Waals surface area contributed by atoms with Crippen LogP contribution in [0.4, 0.5) is 5.69 Å². The fourth-order valence-electron chi connectivity index (χ4n) is 6.39. The number of rotatable bonds is 7. The first-order chi connectivity index (χ1) is 22.5. The second-order valence-corrected chi connectivity index (χ2v) is 11.7. The number of nitrogens with two attached hydrogens (primary N) is 1. The molecule has 0 saturated carbocycles. The van der Waals surface area contributed by atoms with E-state index in [1.165, 1.54) is 49.0 Å². The maximum Gasteiger partial charge on any atom is 0.0423 e. The van der Waals surface area contributed by atoms with Crippen LogP contribution in [0, 0.1) is 6.92 Å². The maximum absolute atomic E-state index is 6.40. The lowest BCUT2D eigenvalue weighted by atomic mass is 9.91. The Morgan fingerprint density at radius 3 is 1.72 bits per heavy atom. The summed E-state index contributed by atoms with van der Waals surface area (Å²) >= 11 is 0. The molecule has 1 heteroatoms. The molecule has 0 unspecified atom stereocenters. The van der Waals surface area contributed by atoms with Crippen LogP contribution in [0.3, 0.4) is 0 Å². The summed E-state index contributed by atoms with van der Waals surface area (Å²) in [6, 6.07) is 45.9. The van der Waals surface area contributed by atoms with Crippen molar-refractivity contribution in [3.63, 3.8) is 0 Å². The van der Waals surface area contributed by atoms with Gasteiger partial charge < -0.3 is 5.73 Å². The predicted molar refractivity (Wildman–Crippen MR) is 203 cm³/mol. The van der Waals surface area contributed by atoms with Gasteiger partial charge in [0.15, 0.2) is 0 Å². The highest BCUT2D eigenvalue weighted by molar-refractivity contribution is 6.25. The van der Waals surface area contributed by atoms with Crippen molar-refractivity contribution in [1.82, 2.24) is 0 Å². The van der Waals surface area contributed by atoms with Crippen LogP contribution in [0.25, 0.3) is 72.3 Å². The average molecular weight is 590 g/mol. The van der Waals surface area contributed by atoms with Gasteiger partial charge in [0.05, 0.1) is 0 Å². The van der Waals surface area contributed by atoms with E-state index in [1.807, 2.05) is 18.2 Å². The van der Waals surface area contributed by atoms with Gasteiger partial charge in [-0.05, 0) is 101 Å². The van der Waals surface area contributed by atoms with E-state index >= 15 is 0 Å². The molecule has 7 aromatic rings. The van der Waals surface area contributed by atoms with Crippen molar-refractivity contribution in [3.05, 3.63) is 181 Å². The third-order valence-electron chi connectivity index (χ3n) is 9.00. The summed E-state index contributed by atoms with van der Waals surface area (Å²) in [5.74, 6) is 0. The molecule has 0 aromatic heterocycles. The molecule has 0 aliphatic rings. The van der Waals surface area contributed by atoms with E-state index < -0.39 is 0 Å². The molecule has 0 amide bonds. The lowest BCUT2D eigenvalue weighted by molar-refractivity contribution is 1.43. The highest BCUT2D eigenvalue weighted by Gasteiger charge is 2.10. The van der Waals surface area contributed by atoms with E-state index in [-0.39, 0.29) is 0 Å². The molecule has 0 spiro atoms. The van der Waals surface area contributed by atoms with Crippen molar-refractivity contribution < 1.29 is 0 Å². The zero-order valence-electron chi connectivity index (χ0n) is 26.0. The van der Waals surface area contributed by atoms with Gasteiger partial charge in [-0.2, -0.15) is 0 Å². The lowest BCUT2D eigenvalue weighted by Crippen LogP contribution is -1.95. The molecule has 1 nitrogen and oxygen atoms in total. The van der Waals surface area contributed by atoms with Gasteiger partial charge in [-0.3, -0.25) is 0 Å². The Balaban J connectivity index is 1.16. The quantitative estimate of drug-likeness (QED) is 0.112. The Bertz CT molecular complexity index is 2310. The zero-order valence-corrected chi connectivity index (χ0v) is 26.0. The second kappa shape index (κ2) is 12.2. The van der Waals surface area contributed by atoms with Crippen LogP contribution in [0.1, 0.15) is 22.3 Å². The summed E-state index contributed by atoms with van der Waals surface area (Å²) in [6.07, 6.45) is 9.78. The molecule has 0 aliphatic heterocycles. The van der Waals surface area contributed by atoms with Crippen LogP contribution in [-0.4, -0.2) is 0 Å². The number of nitrogen functional groups attached to an aromatic ring is 1. The molecule has 220 valence electrons. The Morgan fingerprint density at radius 2 is 1.09 bits per heavy atom. The molecule has 0 radical (unpaired) electrons. The highest BCUT2D eigenvalue weighted by atomic mass is 14.6. The lowest BCUT2D eigenvalue weighted by Gasteiger charge is -2.12. The minimum absolute atomic E-state index is 0.779. The Kier molecular flexibility index (Phi) is 7.66. The molecular weight excluding hydrogens is 555 g/mol. The van der Waals surface area contributed by atoms with Crippen molar-refractivity contribution in [3.8, 4) is 22.3 Å². The molecule has 0 fully saturated rings. The summed E-state index contributed by atoms with van der Waals surface area (Å²) in [7, 11) is 0. The van der Waals surface area contributed by atoms with E-state index in [1.54, 1.807) is 6.08 Å². The van der Waals surface area contributed by atoms with Crippen LogP contribution in [0.2, 0.25) is 0 Å². The Morgan fingerprint density at radius 1 is 0.543 bits per heavy atom. The normalized spacial score (nSPS) is 11.7. The van der Waals surface area contributed by atoms with Gasteiger partial charge in [-0.1, -0.05) is 159 Å². The van der Waals surface area contributed by atoms with Crippen molar-refractivity contribution >= 4 is 55.7 Å². The summed E-state index contributed by atoms with van der Waals surface area (Å²) in [4.78, 5) is 0. The Labute approximate surface area is 271 Å². The zero-order chi connectivity index (χ0) is 31.6. The van der Waals surface area contributed by atoms with E-state index in [2.05, 4.69) is 154 Å². The molecule has 0 bridgehead atoms. The van der Waals surface area contributed by atoms with Gasteiger partial charge in [0.25, 0.3) is 0 Å². The largest absolute Gasteiger partial charge is 0.398 e. The molecule has 7 aromatic carbocycles. The van der Waals surface area contributed by atoms with E-state index in [0.29, 0.717) is 0 Å². The highest BCUT2D eigenvalue weighted by Crippen LogP contribution is 2.37. The Hall–Kier alpha value is -5.92. The van der Waals surface area contributed by atoms with E-state index in [4.69, 9.17) is 5.73 Å². The van der Waals surface area contributed by atoms with E-state index in [0.717, 1.165) is 39.1 Å². The molecule has 0 atom stereocenters. The fourth-order valence-corrected chi connectivity index (χ4v) is 6.39.